The molecule has 0 atom stereocenters. The van der Waals surface area contributed by atoms with E-state index in [0.29, 0.717) is 0 Å². The van der Waals surface area contributed by atoms with Crippen molar-refractivity contribution >= 4 is 56.2 Å². The number of hydrogen-bond donors (Lipinski definition) is 0. The second-order valence-electron chi connectivity index (χ2n) is 7.53. The zero-order valence-electron chi connectivity index (χ0n) is 18.9. The number of amides is 2. The Hall–Kier alpha value is -3.48. The van der Waals surface area contributed by atoms with Gasteiger partial charge in [0.2, 0.25) is 11.8 Å². The molecule has 0 saturated heterocycles. The maximum absolute atomic E-state index is 12.2. The van der Waals surface area contributed by atoms with Crippen LogP contribution in [0.4, 0.5) is 22.7 Å². The monoisotopic (exact) mass is 484 g/mol. The highest BCUT2D eigenvalue weighted by Crippen LogP contribution is 2.39. The summed E-state index contributed by atoms with van der Waals surface area (Å²) in [5.74, 6) is -0.0626. The summed E-state index contributed by atoms with van der Waals surface area (Å²) in [6.07, 6.45) is 0. The molecule has 0 fully saturated rings. The molecule has 6 heteroatoms. The summed E-state index contributed by atoms with van der Waals surface area (Å²) in [7, 11) is 3.30. The molecule has 0 N–H and O–H groups in total. The van der Waals surface area contributed by atoms with Crippen molar-refractivity contribution in [2.24, 2.45) is 0 Å². The molecule has 0 aliphatic heterocycles. The fourth-order valence-electron chi connectivity index (χ4n) is 3.58. The van der Waals surface area contributed by atoms with Crippen LogP contribution in [-0.4, -0.2) is 11.8 Å². The van der Waals surface area contributed by atoms with Crippen molar-refractivity contribution < 1.29 is 9.59 Å². The fraction of sp³-hybridized carbons (Fsp3) is 0.0714. The standard InChI is InChI=1S/C28H24N2O2S2/c1-21(31)29(23-9-5-3-6-10-23)25-13-17-27(18-14-25)33-34-28-19-15-26(16-20-28)30(22(2)32)24-11-7-4-8-12-24/h3-20H,1-2H3. The SMILES string of the molecule is CC(=O)N(c1ccccc1)c1ccc(SSc2ccc(N(C(C)=O)c3ccccc3)cc2)cc1. The largest absolute Gasteiger partial charge is 0.281 e. The van der Waals surface area contributed by atoms with Gasteiger partial charge in [0, 0.05) is 46.4 Å². The molecule has 0 aromatic heterocycles. The molecule has 4 rings (SSSR count). The third-order valence-electron chi connectivity index (χ3n) is 5.08. The first kappa shape index (κ1) is 23.7. The number of carbonyl (C=O) groups excluding carboxylic acids is 2. The van der Waals surface area contributed by atoms with Gasteiger partial charge in [0.1, 0.15) is 0 Å². The highest BCUT2D eigenvalue weighted by atomic mass is 33.1. The van der Waals surface area contributed by atoms with Crippen molar-refractivity contribution in [3.05, 3.63) is 109 Å². The van der Waals surface area contributed by atoms with E-state index < -0.39 is 0 Å². The number of benzene rings is 4. The fourth-order valence-corrected chi connectivity index (χ4v) is 5.51. The van der Waals surface area contributed by atoms with E-state index >= 15 is 0 Å². The summed E-state index contributed by atoms with van der Waals surface area (Å²) in [4.78, 5) is 30.1. The maximum Gasteiger partial charge on any atom is 0.228 e. The average Bonchev–Trinajstić information content (AvgIpc) is 2.85. The molecular weight excluding hydrogens is 460 g/mol. The van der Waals surface area contributed by atoms with Crippen molar-refractivity contribution in [2.75, 3.05) is 9.80 Å². The lowest BCUT2D eigenvalue weighted by atomic mass is 10.2. The Bertz CT molecular complexity index is 1140. The van der Waals surface area contributed by atoms with Crippen molar-refractivity contribution in [3.8, 4) is 0 Å². The second kappa shape index (κ2) is 11.1. The number of hydrogen-bond acceptors (Lipinski definition) is 4. The van der Waals surface area contributed by atoms with Gasteiger partial charge >= 0.3 is 0 Å². The van der Waals surface area contributed by atoms with Gasteiger partial charge in [-0.15, -0.1) is 0 Å². The Kier molecular flexibility index (Phi) is 7.72. The molecule has 0 unspecified atom stereocenters. The van der Waals surface area contributed by atoms with Crippen LogP contribution in [0.1, 0.15) is 13.8 Å². The van der Waals surface area contributed by atoms with E-state index in [-0.39, 0.29) is 11.8 Å². The van der Waals surface area contributed by atoms with Crippen molar-refractivity contribution in [1.82, 2.24) is 0 Å². The number of nitrogens with zero attached hydrogens (tertiary/aromatic N) is 2. The molecule has 34 heavy (non-hydrogen) atoms. The molecule has 4 aromatic carbocycles. The molecular formula is C28H24N2O2S2. The van der Waals surface area contributed by atoms with E-state index in [0.717, 1.165) is 32.5 Å². The minimum atomic E-state index is -0.0313. The van der Waals surface area contributed by atoms with Crippen LogP contribution in [0, 0.1) is 0 Å². The number of rotatable bonds is 7. The predicted molar refractivity (Wildman–Crippen MR) is 143 cm³/mol. The first-order valence-electron chi connectivity index (χ1n) is 10.8. The van der Waals surface area contributed by atoms with Gasteiger partial charge in [0.05, 0.1) is 0 Å². The van der Waals surface area contributed by atoms with Crippen molar-refractivity contribution in [2.45, 2.75) is 23.6 Å². The molecule has 0 spiro atoms. The molecule has 0 aliphatic carbocycles. The lowest BCUT2D eigenvalue weighted by Gasteiger charge is -2.21. The van der Waals surface area contributed by atoms with Crippen molar-refractivity contribution in [1.29, 1.82) is 0 Å². The summed E-state index contributed by atoms with van der Waals surface area (Å²) in [5, 5.41) is 0. The van der Waals surface area contributed by atoms with Gasteiger partial charge in [0.15, 0.2) is 0 Å². The van der Waals surface area contributed by atoms with Gasteiger partial charge in [-0.2, -0.15) is 0 Å². The molecule has 0 aliphatic rings. The molecule has 0 saturated carbocycles. The normalized spacial score (nSPS) is 10.5. The number of para-hydroxylation sites is 2. The maximum atomic E-state index is 12.2. The van der Waals surface area contributed by atoms with Gasteiger partial charge in [-0.25, -0.2) is 0 Å². The van der Waals surface area contributed by atoms with Crippen LogP contribution in [-0.2, 0) is 9.59 Å². The van der Waals surface area contributed by atoms with Crippen LogP contribution in [0.3, 0.4) is 0 Å². The zero-order valence-corrected chi connectivity index (χ0v) is 20.6. The van der Waals surface area contributed by atoms with Crippen LogP contribution in [0.5, 0.6) is 0 Å². The van der Waals surface area contributed by atoms with E-state index in [1.54, 1.807) is 45.2 Å². The molecule has 0 heterocycles. The topological polar surface area (TPSA) is 40.6 Å². The zero-order chi connectivity index (χ0) is 23.9. The van der Waals surface area contributed by atoms with E-state index in [2.05, 4.69) is 0 Å². The third kappa shape index (κ3) is 5.71. The van der Waals surface area contributed by atoms with Gasteiger partial charge < -0.3 is 0 Å². The summed E-state index contributed by atoms with van der Waals surface area (Å²) >= 11 is 0. The van der Waals surface area contributed by atoms with Gasteiger partial charge in [-0.05, 0) is 72.8 Å². The quantitative estimate of drug-likeness (QED) is 0.250. The second-order valence-corrected chi connectivity index (χ2v) is 9.81. The van der Waals surface area contributed by atoms with Crippen LogP contribution < -0.4 is 9.80 Å². The van der Waals surface area contributed by atoms with Crippen LogP contribution >= 0.6 is 21.6 Å². The molecule has 4 nitrogen and oxygen atoms in total. The van der Waals surface area contributed by atoms with Crippen molar-refractivity contribution in [3.63, 3.8) is 0 Å². The minimum absolute atomic E-state index is 0.0313. The summed E-state index contributed by atoms with van der Waals surface area (Å²) < 4.78 is 0. The molecule has 2 amide bonds. The van der Waals surface area contributed by atoms with Gasteiger partial charge in [-0.3, -0.25) is 19.4 Å². The highest BCUT2D eigenvalue weighted by Gasteiger charge is 2.15. The van der Waals surface area contributed by atoms with E-state index in [4.69, 9.17) is 0 Å². The lowest BCUT2D eigenvalue weighted by molar-refractivity contribution is -0.116. The van der Waals surface area contributed by atoms with Crippen LogP contribution in [0.2, 0.25) is 0 Å². The number of carbonyl (C=O) groups is 2. The number of anilines is 4. The summed E-state index contributed by atoms with van der Waals surface area (Å²) in [6.45, 7) is 3.14. The van der Waals surface area contributed by atoms with E-state index in [1.807, 2.05) is 109 Å². The summed E-state index contributed by atoms with van der Waals surface area (Å²) in [5.41, 5.74) is 3.37. The third-order valence-corrected chi connectivity index (χ3v) is 7.50. The van der Waals surface area contributed by atoms with E-state index in [9.17, 15) is 9.59 Å². The lowest BCUT2D eigenvalue weighted by Crippen LogP contribution is -2.22. The van der Waals surface area contributed by atoms with Crippen LogP contribution in [0.15, 0.2) is 119 Å². The molecule has 4 aromatic rings. The van der Waals surface area contributed by atoms with Crippen LogP contribution in [0.25, 0.3) is 0 Å². The molecule has 0 radical (unpaired) electrons. The molecule has 170 valence electrons. The van der Waals surface area contributed by atoms with Gasteiger partial charge in [-0.1, -0.05) is 58.0 Å². The molecule has 0 bridgehead atoms. The van der Waals surface area contributed by atoms with E-state index in [1.165, 1.54) is 0 Å². The Morgan fingerprint density at radius 1 is 0.471 bits per heavy atom. The smallest absolute Gasteiger partial charge is 0.228 e. The van der Waals surface area contributed by atoms with Gasteiger partial charge in [0.25, 0.3) is 0 Å². The average molecular weight is 485 g/mol. The minimum Gasteiger partial charge on any atom is -0.281 e. The Morgan fingerprint density at radius 3 is 1.06 bits per heavy atom. The Morgan fingerprint density at radius 2 is 0.765 bits per heavy atom. The predicted octanol–water partition coefficient (Wildman–Crippen LogP) is 7.86. The first-order valence-corrected chi connectivity index (χ1v) is 12.9. The highest BCUT2D eigenvalue weighted by molar-refractivity contribution is 8.76. The Balaban J connectivity index is 1.43. The summed E-state index contributed by atoms with van der Waals surface area (Å²) in [6, 6.07) is 35.2. The first-order chi connectivity index (χ1) is 16.5. The Labute approximate surface area is 208 Å².